The zero-order valence-electron chi connectivity index (χ0n) is 13.3. The van der Waals surface area contributed by atoms with Crippen LogP contribution in [0.25, 0.3) is 5.65 Å². The van der Waals surface area contributed by atoms with Crippen LogP contribution in [0.3, 0.4) is 0 Å². The molecule has 0 unspecified atom stereocenters. The molecule has 1 aliphatic heterocycles. The molecule has 0 atom stereocenters. The average molecular weight is 387 g/mol. The zero-order chi connectivity index (χ0) is 16.4. The van der Waals surface area contributed by atoms with Crippen LogP contribution in [0.2, 0.25) is 0 Å². The summed E-state index contributed by atoms with van der Waals surface area (Å²) in [5, 5.41) is 8.09. The van der Waals surface area contributed by atoms with Crippen LogP contribution in [0.5, 0.6) is 0 Å². The fraction of sp³-hybridized carbons (Fsp3) is 0.353. The molecule has 24 heavy (non-hydrogen) atoms. The quantitative estimate of drug-likeness (QED) is 0.746. The van der Waals surface area contributed by atoms with Crippen molar-refractivity contribution in [3.63, 3.8) is 0 Å². The molecular formula is C17H19BrN6. The maximum Gasteiger partial charge on any atom is 0.171 e. The molecule has 0 saturated carbocycles. The lowest BCUT2D eigenvalue weighted by Gasteiger charge is -2.34. The lowest BCUT2D eigenvalue weighted by molar-refractivity contribution is 0.411. The molecule has 124 valence electrons. The number of hydrogen-bond acceptors (Lipinski definition) is 5. The highest BCUT2D eigenvalue weighted by Crippen LogP contribution is 2.23. The van der Waals surface area contributed by atoms with Gasteiger partial charge in [-0.25, -0.2) is 4.98 Å². The van der Waals surface area contributed by atoms with Crippen LogP contribution in [0.4, 0.5) is 5.82 Å². The van der Waals surface area contributed by atoms with Crippen molar-refractivity contribution in [2.45, 2.75) is 25.4 Å². The maximum absolute atomic E-state index is 4.43. The average Bonchev–Trinajstić information content (AvgIpc) is 3.03. The molecule has 1 N–H and O–H groups in total. The van der Waals surface area contributed by atoms with E-state index in [4.69, 9.17) is 0 Å². The van der Waals surface area contributed by atoms with E-state index in [0.29, 0.717) is 6.04 Å². The highest BCUT2D eigenvalue weighted by molar-refractivity contribution is 9.10. The summed E-state index contributed by atoms with van der Waals surface area (Å²) in [6.45, 7) is 2.94. The summed E-state index contributed by atoms with van der Waals surface area (Å²) in [5.74, 6) is 1.11. The molecule has 1 fully saturated rings. The molecule has 1 saturated heterocycles. The molecule has 3 aromatic rings. The Kier molecular flexibility index (Phi) is 4.44. The molecule has 6 nitrogen and oxygen atoms in total. The number of aromatic nitrogens is 4. The minimum Gasteiger partial charge on any atom is -0.356 e. The van der Waals surface area contributed by atoms with Crippen LogP contribution < -0.4 is 10.2 Å². The third-order valence-corrected chi connectivity index (χ3v) is 5.06. The molecule has 0 aromatic carbocycles. The zero-order valence-corrected chi connectivity index (χ0v) is 14.9. The summed E-state index contributed by atoms with van der Waals surface area (Å²) < 4.78 is 2.84. The summed E-state index contributed by atoms with van der Waals surface area (Å²) in [4.78, 5) is 10.8. The van der Waals surface area contributed by atoms with Gasteiger partial charge in [0.2, 0.25) is 0 Å². The van der Waals surface area contributed by atoms with Gasteiger partial charge in [-0.1, -0.05) is 0 Å². The van der Waals surface area contributed by atoms with Crippen LogP contribution in [-0.2, 0) is 6.54 Å². The minimum absolute atomic E-state index is 0.552. The molecule has 7 heteroatoms. The van der Waals surface area contributed by atoms with Crippen LogP contribution in [0, 0.1) is 0 Å². The van der Waals surface area contributed by atoms with Crippen LogP contribution in [0.1, 0.15) is 18.4 Å². The molecule has 0 amide bonds. The van der Waals surface area contributed by atoms with Crippen molar-refractivity contribution in [2.75, 3.05) is 18.0 Å². The lowest BCUT2D eigenvalue weighted by Crippen LogP contribution is -2.43. The third kappa shape index (κ3) is 3.14. The van der Waals surface area contributed by atoms with Gasteiger partial charge < -0.3 is 10.2 Å². The number of fused-ring (bicyclic) bond motifs is 1. The van der Waals surface area contributed by atoms with Crippen LogP contribution in [-0.4, -0.2) is 38.7 Å². The predicted octanol–water partition coefficient (Wildman–Crippen LogP) is 2.65. The van der Waals surface area contributed by atoms with E-state index < -0.39 is 0 Å². The van der Waals surface area contributed by atoms with Crippen molar-refractivity contribution < 1.29 is 0 Å². The number of rotatable bonds is 4. The van der Waals surface area contributed by atoms with Gasteiger partial charge >= 0.3 is 0 Å². The first-order valence-corrected chi connectivity index (χ1v) is 8.96. The third-order valence-electron chi connectivity index (χ3n) is 4.50. The number of halogens is 1. The molecule has 0 radical (unpaired) electrons. The smallest absolute Gasteiger partial charge is 0.171 e. The Morgan fingerprint density at radius 1 is 1.12 bits per heavy atom. The molecule has 4 rings (SSSR count). The van der Waals surface area contributed by atoms with Gasteiger partial charge in [-0.2, -0.15) is 9.61 Å². The topological polar surface area (TPSA) is 58.4 Å². The standard InChI is InChI=1S/C17H19BrN6/c18-15-12-22-24-16(3-8-20-17(15)24)23-9-4-14(5-10-23)21-11-13-1-6-19-7-2-13/h1-3,6-8,12,14,21H,4-5,9-11H2. The number of piperidine rings is 1. The number of pyridine rings is 1. The highest BCUT2D eigenvalue weighted by Gasteiger charge is 2.21. The summed E-state index contributed by atoms with van der Waals surface area (Å²) in [5.41, 5.74) is 2.15. The van der Waals surface area contributed by atoms with Gasteiger partial charge in [-0.05, 0) is 52.5 Å². The van der Waals surface area contributed by atoms with E-state index in [1.165, 1.54) is 5.56 Å². The van der Waals surface area contributed by atoms with E-state index in [-0.39, 0.29) is 0 Å². The predicted molar refractivity (Wildman–Crippen MR) is 97.0 cm³/mol. The Bertz CT molecular complexity index is 810. The van der Waals surface area contributed by atoms with Crippen LogP contribution in [0.15, 0.2) is 47.5 Å². The summed E-state index contributed by atoms with van der Waals surface area (Å²) >= 11 is 3.50. The molecule has 0 bridgehead atoms. The van der Waals surface area contributed by atoms with Gasteiger partial charge in [0.15, 0.2) is 5.65 Å². The van der Waals surface area contributed by atoms with E-state index in [0.717, 1.165) is 48.4 Å². The lowest BCUT2D eigenvalue weighted by atomic mass is 10.0. The van der Waals surface area contributed by atoms with Crippen molar-refractivity contribution in [1.82, 2.24) is 24.9 Å². The van der Waals surface area contributed by atoms with E-state index in [2.05, 4.69) is 53.3 Å². The first-order valence-electron chi connectivity index (χ1n) is 8.17. The van der Waals surface area contributed by atoms with Gasteiger partial charge in [-0.3, -0.25) is 4.98 Å². The normalized spacial score (nSPS) is 16.0. The highest BCUT2D eigenvalue weighted by atomic mass is 79.9. The second-order valence-corrected chi connectivity index (χ2v) is 6.88. The summed E-state index contributed by atoms with van der Waals surface area (Å²) in [7, 11) is 0. The van der Waals surface area contributed by atoms with E-state index in [9.17, 15) is 0 Å². The molecule has 0 spiro atoms. The second kappa shape index (κ2) is 6.86. The Morgan fingerprint density at radius 3 is 2.71 bits per heavy atom. The van der Waals surface area contributed by atoms with Gasteiger partial charge in [0.05, 0.1) is 10.7 Å². The van der Waals surface area contributed by atoms with E-state index >= 15 is 0 Å². The first kappa shape index (κ1) is 15.5. The van der Waals surface area contributed by atoms with Crippen molar-refractivity contribution in [1.29, 1.82) is 0 Å². The van der Waals surface area contributed by atoms with Crippen molar-refractivity contribution in [3.8, 4) is 0 Å². The largest absolute Gasteiger partial charge is 0.356 e. The number of anilines is 1. The molecule has 3 aromatic heterocycles. The first-order chi connectivity index (χ1) is 11.8. The Balaban J connectivity index is 1.39. The second-order valence-electron chi connectivity index (χ2n) is 6.03. The number of nitrogens with zero attached hydrogens (tertiary/aromatic N) is 5. The van der Waals surface area contributed by atoms with Crippen molar-refractivity contribution in [3.05, 3.63) is 53.0 Å². The fourth-order valence-electron chi connectivity index (χ4n) is 3.17. The molecule has 4 heterocycles. The summed E-state index contributed by atoms with van der Waals surface area (Å²) in [6.07, 6.45) is 9.58. The van der Waals surface area contributed by atoms with Gasteiger partial charge in [0.1, 0.15) is 5.82 Å². The minimum atomic E-state index is 0.552. The molecule has 1 aliphatic rings. The van der Waals surface area contributed by atoms with E-state index in [1.54, 1.807) is 6.20 Å². The van der Waals surface area contributed by atoms with Gasteiger partial charge in [-0.15, -0.1) is 0 Å². The Labute approximate surface area is 149 Å². The van der Waals surface area contributed by atoms with E-state index in [1.807, 2.05) is 29.2 Å². The van der Waals surface area contributed by atoms with Crippen molar-refractivity contribution in [2.24, 2.45) is 0 Å². The Morgan fingerprint density at radius 2 is 1.92 bits per heavy atom. The monoisotopic (exact) mass is 386 g/mol. The fourth-order valence-corrected chi connectivity index (χ4v) is 3.53. The Hall–Kier alpha value is -1.99. The molecule has 0 aliphatic carbocycles. The molecular weight excluding hydrogens is 368 g/mol. The summed E-state index contributed by atoms with van der Waals surface area (Å²) in [6, 6.07) is 6.71. The maximum atomic E-state index is 4.43. The van der Waals surface area contributed by atoms with Crippen molar-refractivity contribution >= 4 is 27.4 Å². The van der Waals surface area contributed by atoms with Crippen LogP contribution >= 0.6 is 15.9 Å². The SMILES string of the molecule is Brc1cnn2c(N3CCC(NCc4ccncc4)CC3)ccnc12. The number of nitrogens with one attached hydrogen (secondary N) is 1. The van der Waals surface area contributed by atoms with Gasteiger partial charge in [0.25, 0.3) is 0 Å². The number of hydrogen-bond donors (Lipinski definition) is 1. The van der Waals surface area contributed by atoms with Gasteiger partial charge in [0, 0.05) is 44.3 Å².